The molecule has 6 heteroatoms. The van der Waals surface area contributed by atoms with Crippen LogP contribution >= 0.6 is 0 Å². The van der Waals surface area contributed by atoms with Gasteiger partial charge in [-0.3, -0.25) is 14.4 Å². The van der Waals surface area contributed by atoms with Crippen molar-refractivity contribution < 1.29 is 24.2 Å². The molecule has 3 rings (SSSR count). The van der Waals surface area contributed by atoms with Crippen LogP contribution < -0.4 is 5.32 Å². The van der Waals surface area contributed by atoms with Gasteiger partial charge in [0.25, 0.3) is 5.91 Å². The molecule has 0 bridgehead atoms. The second-order valence-electron chi connectivity index (χ2n) is 4.27. The van der Waals surface area contributed by atoms with Crippen molar-refractivity contribution in [3.05, 3.63) is 41.6 Å². The Morgan fingerprint density at radius 3 is 2.68 bits per heavy atom. The summed E-state index contributed by atoms with van der Waals surface area (Å²) in [6, 6.07) is 5.92. The zero-order chi connectivity index (χ0) is 13.6. The van der Waals surface area contributed by atoms with Crippen LogP contribution in [0, 0.1) is 0 Å². The summed E-state index contributed by atoms with van der Waals surface area (Å²) in [5, 5.41) is 11.9. The number of rotatable bonds is 2. The number of hydrogen-bond donors (Lipinski definition) is 2. The summed E-state index contributed by atoms with van der Waals surface area (Å²) in [5.41, 5.74) is -0.0699. The highest BCUT2D eigenvalue weighted by molar-refractivity contribution is 6.17. The maximum absolute atomic E-state index is 11.9. The van der Waals surface area contributed by atoms with Crippen LogP contribution in [0.2, 0.25) is 0 Å². The summed E-state index contributed by atoms with van der Waals surface area (Å²) in [6.07, 6.45) is -0.385. The number of epoxide rings is 1. The summed E-state index contributed by atoms with van der Waals surface area (Å²) in [7, 11) is 0. The molecule has 1 aromatic rings. The number of nitrogens with one attached hydrogen (secondary N) is 1. The molecule has 2 atom stereocenters. The average molecular weight is 259 g/mol. The number of hydrogen-bond acceptors (Lipinski definition) is 5. The van der Waals surface area contributed by atoms with E-state index in [-0.39, 0.29) is 22.8 Å². The molecule has 2 unspecified atom stereocenters. The Hall–Kier alpha value is -2.47. The molecule has 6 nitrogen and oxygen atoms in total. The van der Waals surface area contributed by atoms with Gasteiger partial charge in [0.15, 0.2) is 18.0 Å². The number of phenolic OH excluding ortho intramolecular Hbond substituents is 1. The number of benzene rings is 1. The molecular formula is C13H9NO5. The molecule has 1 aliphatic heterocycles. The van der Waals surface area contributed by atoms with Crippen LogP contribution in [0.1, 0.15) is 10.4 Å². The van der Waals surface area contributed by atoms with E-state index >= 15 is 0 Å². The van der Waals surface area contributed by atoms with Crippen LogP contribution in [0.5, 0.6) is 5.75 Å². The summed E-state index contributed by atoms with van der Waals surface area (Å²) in [6.45, 7) is 0. The molecule has 0 radical (unpaired) electrons. The lowest BCUT2D eigenvalue weighted by molar-refractivity contribution is -0.119. The molecule has 0 aromatic heterocycles. The number of ketones is 2. The normalized spacial score (nSPS) is 24.5. The van der Waals surface area contributed by atoms with E-state index in [1.165, 1.54) is 12.1 Å². The lowest BCUT2D eigenvalue weighted by Gasteiger charge is -2.10. The Labute approximate surface area is 107 Å². The first-order valence-electron chi connectivity index (χ1n) is 5.62. The van der Waals surface area contributed by atoms with Crippen molar-refractivity contribution in [2.45, 2.75) is 12.2 Å². The summed E-state index contributed by atoms with van der Waals surface area (Å²) >= 11 is 0. The van der Waals surface area contributed by atoms with E-state index in [2.05, 4.69) is 5.32 Å². The Morgan fingerprint density at radius 1 is 1.21 bits per heavy atom. The third-order valence-electron chi connectivity index (χ3n) is 2.98. The number of carbonyl (C=O) groups excluding carboxylic acids is 3. The summed E-state index contributed by atoms with van der Waals surface area (Å²) < 4.78 is 4.89. The minimum absolute atomic E-state index is 0.0301. The van der Waals surface area contributed by atoms with Crippen molar-refractivity contribution in [3.63, 3.8) is 0 Å². The molecule has 19 heavy (non-hydrogen) atoms. The van der Waals surface area contributed by atoms with Crippen LogP contribution in [-0.2, 0) is 14.3 Å². The van der Waals surface area contributed by atoms with E-state index in [4.69, 9.17) is 4.74 Å². The van der Waals surface area contributed by atoms with Gasteiger partial charge in [-0.2, -0.15) is 0 Å². The van der Waals surface area contributed by atoms with Crippen molar-refractivity contribution in [3.8, 4) is 5.75 Å². The highest BCUT2D eigenvalue weighted by Crippen LogP contribution is 2.30. The van der Waals surface area contributed by atoms with E-state index in [0.29, 0.717) is 0 Å². The second kappa shape index (κ2) is 4.03. The van der Waals surface area contributed by atoms with E-state index in [9.17, 15) is 19.5 Å². The average Bonchev–Trinajstić information content (AvgIpc) is 3.17. The van der Waals surface area contributed by atoms with E-state index < -0.39 is 23.9 Å². The standard InChI is InChI=1S/C13H9NO5/c15-8-4-2-1-3-6(8)13(18)14-7-5-9(16)11-12(19-11)10(7)17/h1-5,11-12,15H,(H,14,18). The summed E-state index contributed by atoms with van der Waals surface area (Å²) in [5.74, 6) is -1.61. The largest absolute Gasteiger partial charge is 0.507 e. The van der Waals surface area contributed by atoms with Crippen LogP contribution in [0.4, 0.5) is 0 Å². The topological polar surface area (TPSA) is 96.0 Å². The minimum Gasteiger partial charge on any atom is -0.507 e. The first kappa shape index (κ1) is 11.6. The van der Waals surface area contributed by atoms with Gasteiger partial charge in [-0.15, -0.1) is 0 Å². The highest BCUT2D eigenvalue weighted by atomic mass is 16.6. The number of Topliss-reactive ketones (excluding diaryl/α,β-unsaturated/α-hetero) is 1. The van der Waals surface area contributed by atoms with Gasteiger partial charge in [0.05, 0.1) is 11.3 Å². The number of fused-ring (bicyclic) bond motifs is 1. The first-order valence-corrected chi connectivity index (χ1v) is 5.62. The SMILES string of the molecule is O=C(NC1=CC(=O)C2OC2C1=O)c1ccccc1O. The number of para-hydroxylation sites is 1. The van der Waals surface area contributed by atoms with Gasteiger partial charge >= 0.3 is 0 Å². The van der Waals surface area contributed by atoms with Gasteiger partial charge in [-0.1, -0.05) is 12.1 Å². The van der Waals surface area contributed by atoms with Crippen molar-refractivity contribution >= 4 is 17.5 Å². The number of carbonyl (C=O) groups is 3. The lowest BCUT2D eigenvalue weighted by Crippen LogP contribution is -2.34. The molecule has 1 aromatic carbocycles. The Kier molecular flexibility index (Phi) is 2.46. The van der Waals surface area contributed by atoms with Crippen LogP contribution in [-0.4, -0.2) is 34.8 Å². The quantitative estimate of drug-likeness (QED) is 0.724. The maximum Gasteiger partial charge on any atom is 0.259 e. The molecule has 2 N–H and O–H groups in total. The van der Waals surface area contributed by atoms with Gasteiger partial charge in [0.1, 0.15) is 5.75 Å². The van der Waals surface area contributed by atoms with Gasteiger partial charge in [-0.05, 0) is 12.1 Å². The lowest BCUT2D eigenvalue weighted by atomic mass is 10.0. The van der Waals surface area contributed by atoms with E-state index in [0.717, 1.165) is 6.08 Å². The maximum atomic E-state index is 11.9. The Balaban J connectivity index is 1.82. The van der Waals surface area contributed by atoms with Crippen molar-refractivity contribution in [2.24, 2.45) is 0 Å². The van der Waals surface area contributed by atoms with Crippen molar-refractivity contribution in [1.29, 1.82) is 0 Å². The number of ether oxygens (including phenoxy) is 1. The number of phenols is 1. The molecule has 0 saturated carbocycles. The Morgan fingerprint density at radius 2 is 1.95 bits per heavy atom. The summed E-state index contributed by atoms with van der Waals surface area (Å²) in [4.78, 5) is 35.1. The van der Waals surface area contributed by atoms with Gasteiger partial charge in [0, 0.05) is 6.08 Å². The molecule has 1 heterocycles. The predicted molar refractivity (Wildman–Crippen MR) is 62.3 cm³/mol. The Bertz CT molecular complexity index is 634. The molecule has 1 aliphatic carbocycles. The molecule has 1 saturated heterocycles. The monoisotopic (exact) mass is 259 g/mol. The molecule has 1 amide bonds. The number of aromatic hydroxyl groups is 1. The predicted octanol–water partition coefficient (Wildman–Crippen LogP) is -0.0749. The zero-order valence-corrected chi connectivity index (χ0v) is 9.62. The van der Waals surface area contributed by atoms with Gasteiger partial charge in [0.2, 0.25) is 5.78 Å². The first-order chi connectivity index (χ1) is 9.08. The van der Waals surface area contributed by atoms with Gasteiger partial charge in [-0.25, -0.2) is 0 Å². The molecule has 1 fully saturated rings. The highest BCUT2D eigenvalue weighted by Gasteiger charge is 2.53. The third-order valence-corrected chi connectivity index (χ3v) is 2.98. The fourth-order valence-corrected chi connectivity index (χ4v) is 1.93. The van der Waals surface area contributed by atoms with Crippen molar-refractivity contribution in [1.82, 2.24) is 5.32 Å². The van der Waals surface area contributed by atoms with Gasteiger partial charge < -0.3 is 15.2 Å². The van der Waals surface area contributed by atoms with Crippen LogP contribution in [0.3, 0.4) is 0 Å². The minimum atomic E-state index is -0.767. The molecule has 2 aliphatic rings. The van der Waals surface area contributed by atoms with Crippen LogP contribution in [0.25, 0.3) is 0 Å². The fourth-order valence-electron chi connectivity index (χ4n) is 1.93. The zero-order valence-electron chi connectivity index (χ0n) is 9.62. The molecular weight excluding hydrogens is 250 g/mol. The molecule has 96 valence electrons. The van der Waals surface area contributed by atoms with Crippen LogP contribution in [0.15, 0.2) is 36.0 Å². The smallest absolute Gasteiger partial charge is 0.259 e. The van der Waals surface area contributed by atoms with E-state index in [1.54, 1.807) is 12.1 Å². The number of amides is 1. The third kappa shape index (κ3) is 1.92. The second-order valence-corrected chi connectivity index (χ2v) is 4.27. The molecule has 0 spiro atoms. The van der Waals surface area contributed by atoms with Crippen molar-refractivity contribution in [2.75, 3.05) is 0 Å². The van der Waals surface area contributed by atoms with E-state index in [1.807, 2.05) is 0 Å². The fraction of sp³-hybridized carbons (Fsp3) is 0.154.